The van der Waals surface area contributed by atoms with Gasteiger partial charge in [-0.1, -0.05) is 48.2 Å². The Balaban J connectivity index is 1.88. The standard InChI is InChI=1S/C20H22N4O3S2/c1-23(2)29(26,27)18-12-8-7-9-15(18)13-21-19(25)17-14-22-20(28-3)24(17)16-10-5-4-6-11-16/h4-12,14H,13H2,1-3H3,(H,21,25). The van der Waals surface area contributed by atoms with Gasteiger partial charge in [-0.3, -0.25) is 9.36 Å². The van der Waals surface area contributed by atoms with Crippen LogP contribution in [0.2, 0.25) is 0 Å². The highest BCUT2D eigenvalue weighted by Gasteiger charge is 2.22. The van der Waals surface area contributed by atoms with E-state index in [1.165, 1.54) is 38.1 Å². The van der Waals surface area contributed by atoms with Crippen LogP contribution in [0.15, 0.2) is 70.8 Å². The van der Waals surface area contributed by atoms with Gasteiger partial charge in [0.1, 0.15) is 5.69 Å². The molecule has 3 rings (SSSR count). The zero-order chi connectivity index (χ0) is 21.0. The Labute approximate surface area is 174 Å². The minimum Gasteiger partial charge on any atom is -0.347 e. The summed E-state index contributed by atoms with van der Waals surface area (Å²) < 4.78 is 28.0. The van der Waals surface area contributed by atoms with Gasteiger partial charge in [0.2, 0.25) is 10.0 Å². The van der Waals surface area contributed by atoms with Gasteiger partial charge in [-0.15, -0.1) is 0 Å². The lowest BCUT2D eigenvalue weighted by molar-refractivity contribution is 0.0943. The van der Waals surface area contributed by atoms with Gasteiger partial charge in [0.25, 0.3) is 5.91 Å². The van der Waals surface area contributed by atoms with Gasteiger partial charge in [-0.25, -0.2) is 17.7 Å². The molecule has 0 aliphatic carbocycles. The van der Waals surface area contributed by atoms with E-state index in [0.29, 0.717) is 16.4 Å². The number of carbonyl (C=O) groups excluding carboxylic acids is 1. The zero-order valence-corrected chi connectivity index (χ0v) is 18.0. The molecule has 0 spiro atoms. The Morgan fingerprint density at radius 3 is 2.41 bits per heavy atom. The molecule has 1 aromatic heterocycles. The lowest BCUT2D eigenvalue weighted by atomic mass is 10.2. The van der Waals surface area contributed by atoms with Crippen molar-refractivity contribution in [2.24, 2.45) is 0 Å². The number of thioether (sulfide) groups is 1. The first kappa shape index (κ1) is 21.1. The highest BCUT2D eigenvalue weighted by molar-refractivity contribution is 7.98. The van der Waals surface area contributed by atoms with Gasteiger partial charge >= 0.3 is 0 Å². The van der Waals surface area contributed by atoms with E-state index in [1.54, 1.807) is 22.8 Å². The third-order valence-electron chi connectivity index (χ3n) is 4.33. The number of aromatic nitrogens is 2. The van der Waals surface area contributed by atoms with Crippen LogP contribution in [0.3, 0.4) is 0 Å². The van der Waals surface area contributed by atoms with E-state index >= 15 is 0 Å². The molecular formula is C20H22N4O3S2. The molecule has 0 radical (unpaired) electrons. The molecule has 29 heavy (non-hydrogen) atoms. The summed E-state index contributed by atoms with van der Waals surface area (Å²) in [4.78, 5) is 17.4. The average Bonchev–Trinajstić information content (AvgIpc) is 3.17. The molecule has 1 amide bonds. The summed E-state index contributed by atoms with van der Waals surface area (Å²) in [5.41, 5.74) is 1.73. The third-order valence-corrected chi connectivity index (χ3v) is 6.90. The second-order valence-electron chi connectivity index (χ2n) is 6.38. The first-order chi connectivity index (χ1) is 13.9. The van der Waals surface area contributed by atoms with E-state index in [4.69, 9.17) is 0 Å². The molecule has 152 valence electrons. The first-order valence-corrected chi connectivity index (χ1v) is 11.5. The summed E-state index contributed by atoms with van der Waals surface area (Å²) in [6.45, 7) is 0.0800. The van der Waals surface area contributed by atoms with Gasteiger partial charge in [0.05, 0.1) is 11.1 Å². The number of hydrogen-bond acceptors (Lipinski definition) is 5. The van der Waals surface area contributed by atoms with E-state index in [-0.39, 0.29) is 17.3 Å². The summed E-state index contributed by atoms with van der Waals surface area (Å²) in [7, 11) is -0.651. The maximum Gasteiger partial charge on any atom is 0.270 e. The van der Waals surface area contributed by atoms with Crippen molar-refractivity contribution in [3.8, 4) is 5.69 Å². The summed E-state index contributed by atoms with van der Waals surface area (Å²) >= 11 is 1.44. The molecule has 3 aromatic rings. The van der Waals surface area contributed by atoms with Crippen LogP contribution in [-0.4, -0.2) is 48.5 Å². The molecule has 0 atom stereocenters. The topological polar surface area (TPSA) is 84.3 Å². The molecule has 0 saturated heterocycles. The fourth-order valence-electron chi connectivity index (χ4n) is 2.83. The molecule has 0 aliphatic heterocycles. The summed E-state index contributed by atoms with van der Waals surface area (Å²) in [6, 6.07) is 16.1. The third kappa shape index (κ3) is 4.36. The number of amides is 1. The van der Waals surface area contributed by atoms with Crippen molar-refractivity contribution in [1.29, 1.82) is 0 Å². The van der Waals surface area contributed by atoms with E-state index in [9.17, 15) is 13.2 Å². The van der Waals surface area contributed by atoms with E-state index in [1.807, 2.05) is 36.6 Å². The van der Waals surface area contributed by atoms with Gasteiger partial charge in [0.15, 0.2) is 5.16 Å². The number of hydrogen-bond donors (Lipinski definition) is 1. The van der Waals surface area contributed by atoms with Crippen molar-refractivity contribution in [3.05, 3.63) is 72.1 Å². The van der Waals surface area contributed by atoms with Gasteiger partial charge in [-0.2, -0.15) is 0 Å². The minimum atomic E-state index is -3.61. The molecule has 2 aromatic carbocycles. The lowest BCUT2D eigenvalue weighted by Crippen LogP contribution is -2.28. The molecule has 0 unspecified atom stereocenters. The van der Waals surface area contributed by atoms with Crippen LogP contribution < -0.4 is 5.32 Å². The molecule has 0 aliphatic rings. The van der Waals surface area contributed by atoms with E-state index in [0.717, 1.165) is 9.99 Å². The highest BCUT2D eigenvalue weighted by atomic mass is 32.2. The molecule has 7 nitrogen and oxygen atoms in total. The summed E-state index contributed by atoms with van der Waals surface area (Å²) in [5, 5.41) is 3.51. The highest BCUT2D eigenvalue weighted by Crippen LogP contribution is 2.22. The Morgan fingerprint density at radius 2 is 1.76 bits per heavy atom. The quantitative estimate of drug-likeness (QED) is 0.583. The van der Waals surface area contributed by atoms with Crippen LogP contribution in [-0.2, 0) is 16.6 Å². The maximum absolute atomic E-state index is 12.9. The molecule has 1 N–H and O–H groups in total. The van der Waals surface area contributed by atoms with Crippen molar-refractivity contribution in [2.45, 2.75) is 16.6 Å². The Hall–Kier alpha value is -2.62. The first-order valence-electron chi connectivity index (χ1n) is 8.82. The number of para-hydroxylation sites is 1. The smallest absolute Gasteiger partial charge is 0.270 e. The molecule has 0 fully saturated rings. The molecular weight excluding hydrogens is 408 g/mol. The van der Waals surface area contributed by atoms with Crippen molar-refractivity contribution in [1.82, 2.24) is 19.2 Å². The zero-order valence-electron chi connectivity index (χ0n) is 16.4. The molecule has 1 heterocycles. The van der Waals surface area contributed by atoms with Crippen LogP contribution in [0.5, 0.6) is 0 Å². The monoisotopic (exact) mass is 430 g/mol. The van der Waals surface area contributed by atoms with Gasteiger partial charge < -0.3 is 5.32 Å². The van der Waals surface area contributed by atoms with Crippen molar-refractivity contribution in [3.63, 3.8) is 0 Å². The van der Waals surface area contributed by atoms with Gasteiger partial charge in [0, 0.05) is 26.3 Å². The van der Waals surface area contributed by atoms with Gasteiger partial charge in [-0.05, 0) is 30.0 Å². The number of nitrogens with zero attached hydrogens (tertiary/aromatic N) is 3. The van der Waals surface area contributed by atoms with Crippen molar-refractivity contribution >= 4 is 27.7 Å². The predicted octanol–water partition coefficient (Wildman–Crippen LogP) is 2.77. The second kappa shape index (κ2) is 8.81. The van der Waals surface area contributed by atoms with Crippen LogP contribution in [0.4, 0.5) is 0 Å². The molecule has 9 heteroatoms. The minimum absolute atomic E-state index is 0.0800. The van der Waals surface area contributed by atoms with Crippen LogP contribution in [0.1, 0.15) is 16.1 Å². The number of sulfonamides is 1. The van der Waals surface area contributed by atoms with E-state index < -0.39 is 10.0 Å². The van der Waals surface area contributed by atoms with E-state index in [2.05, 4.69) is 10.3 Å². The second-order valence-corrected chi connectivity index (χ2v) is 9.27. The van der Waals surface area contributed by atoms with Crippen molar-refractivity contribution in [2.75, 3.05) is 20.4 Å². The molecule has 0 saturated carbocycles. The fraction of sp³-hybridized carbons (Fsp3) is 0.200. The maximum atomic E-state index is 12.9. The summed E-state index contributed by atoms with van der Waals surface area (Å²) in [5.74, 6) is -0.335. The number of nitrogens with one attached hydrogen (secondary N) is 1. The SMILES string of the molecule is CSc1ncc(C(=O)NCc2ccccc2S(=O)(=O)N(C)C)n1-c1ccccc1. The number of benzene rings is 2. The molecule has 0 bridgehead atoms. The van der Waals surface area contributed by atoms with Crippen LogP contribution in [0.25, 0.3) is 5.69 Å². The number of rotatable bonds is 7. The number of imidazole rings is 1. The fourth-order valence-corrected chi connectivity index (χ4v) is 4.49. The Kier molecular flexibility index (Phi) is 6.41. The number of carbonyl (C=O) groups is 1. The Morgan fingerprint density at radius 1 is 1.10 bits per heavy atom. The van der Waals surface area contributed by atoms with Crippen LogP contribution >= 0.6 is 11.8 Å². The van der Waals surface area contributed by atoms with Crippen LogP contribution in [0, 0.1) is 0 Å². The normalized spacial score (nSPS) is 11.6. The Bertz CT molecular complexity index is 1110. The average molecular weight is 431 g/mol. The summed E-state index contributed by atoms with van der Waals surface area (Å²) in [6.07, 6.45) is 3.42. The lowest BCUT2D eigenvalue weighted by Gasteiger charge is -2.16. The largest absolute Gasteiger partial charge is 0.347 e. The van der Waals surface area contributed by atoms with Crippen molar-refractivity contribution < 1.29 is 13.2 Å². The predicted molar refractivity (Wildman–Crippen MR) is 114 cm³/mol.